The minimum atomic E-state index is -0.144. The van der Waals surface area contributed by atoms with Gasteiger partial charge < -0.3 is 5.32 Å². The zero-order chi connectivity index (χ0) is 13.9. The first-order chi connectivity index (χ1) is 9.76. The quantitative estimate of drug-likeness (QED) is 0.723. The second kappa shape index (κ2) is 5.35. The summed E-state index contributed by atoms with van der Waals surface area (Å²) in [5, 5.41) is 10.6. The topological polar surface area (TPSA) is 57.8 Å². The van der Waals surface area contributed by atoms with E-state index in [4.69, 9.17) is 11.6 Å². The lowest BCUT2D eigenvalue weighted by Crippen LogP contribution is -2.11. The van der Waals surface area contributed by atoms with E-state index in [1.807, 2.05) is 30.3 Å². The van der Waals surface area contributed by atoms with Crippen molar-refractivity contribution < 1.29 is 4.79 Å². The molecule has 2 aromatic carbocycles. The van der Waals surface area contributed by atoms with E-state index >= 15 is 0 Å². The standard InChI is InChI=1S/C15H12ClN3O/c16-8-10-1-3-11(4-2-10)15(20)18-13-5-6-14-12(7-13)9-17-19-14/h1-7,9H,8H2,(H,17,19)(H,18,20). The lowest BCUT2D eigenvalue weighted by Gasteiger charge is -2.06. The average Bonchev–Trinajstić information content (AvgIpc) is 2.95. The molecule has 2 N–H and O–H groups in total. The average molecular weight is 286 g/mol. The largest absolute Gasteiger partial charge is 0.322 e. The first-order valence-corrected chi connectivity index (χ1v) is 6.69. The van der Waals surface area contributed by atoms with Gasteiger partial charge in [0.2, 0.25) is 0 Å². The Balaban J connectivity index is 1.80. The molecule has 0 saturated carbocycles. The number of aromatic amines is 1. The Labute approximate surface area is 120 Å². The summed E-state index contributed by atoms with van der Waals surface area (Å²) in [4.78, 5) is 12.1. The van der Waals surface area contributed by atoms with Crippen LogP contribution in [0.2, 0.25) is 0 Å². The third-order valence-corrected chi connectivity index (χ3v) is 3.38. The summed E-state index contributed by atoms with van der Waals surface area (Å²) in [6.07, 6.45) is 1.72. The number of carbonyl (C=O) groups is 1. The molecule has 0 aliphatic heterocycles. The number of nitrogens with zero attached hydrogens (tertiary/aromatic N) is 1. The highest BCUT2D eigenvalue weighted by Gasteiger charge is 2.06. The van der Waals surface area contributed by atoms with Crippen LogP contribution in [0, 0.1) is 0 Å². The summed E-state index contributed by atoms with van der Waals surface area (Å²) in [6, 6.07) is 12.8. The minimum Gasteiger partial charge on any atom is -0.322 e. The molecule has 100 valence electrons. The van der Waals surface area contributed by atoms with Gasteiger partial charge in [-0.3, -0.25) is 9.89 Å². The zero-order valence-corrected chi connectivity index (χ0v) is 11.3. The van der Waals surface area contributed by atoms with Crippen LogP contribution in [0.3, 0.4) is 0 Å². The van der Waals surface area contributed by atoms with Gasteiger partial charge in [0.25, 0.3) is 5.91 Å². The van der Waals surface area contributed by atoms with Crippen LogP contribution < -0.4 is 5.32 Å². The molecule has 1 heterocycles. The maximum absolute atomic E-state index is 12.1. The Kier molecular flexibility index (Phi) is 3.39. The minimum absolute atomic E-state index is 0.144. The summed E-state index contributed by atoms with van der Waals surface area (Å²) >= 11 is 5.72. The number of alkyl halides is 1. The summed E-state index contributed by atoms with van der Waals surface area (Å²) in [5.74, 6) is 0.299. The molecule has 3 rings (SSSR count). The van der Waals surface area contributed by atoms with Crippen LogP contribution in [0.25, 0.3) is 10.9 Å². The van der Waals surface area contributed by atoms with Crippen LogP contribution in [-0.4, -0.2) is 16.1 Å². The number of aromatic nitrogens is 2. The van der Waals surface area contributed by atoms with Crippen LogP contribution in [-0.2, 0) is 5.88 Å². The van der Waals surface area contributed by atoms with Crippen LogP contribution in [0.15, 0.2) is 48.7 Å². The third kappa shape index (κ3) is 2.51. The molecular weight excluding hydrogens is 274 g/mol. The lowest BCUT2D eigenvalue weighted by molar-refractivity contribution is 0.102. The fourth-order valence-corrected chi connectivity index (χ4v) is 2.15. The predicted octanol–water partition coefficient (Wildman–Crippen LogP) is 3.55. The Morgan fingerprint density at radius 1 is 1.20 bits per heavy atom. The Morgan fingerprint density at radius 2 is 2.00 bits per heavy atom. The van der Waals surface area contributed by atoms with Gasteiger partial charge in [0.15, 0.2) is 0 Å². The van der Waals surface area contributed by atoms with Crippen molar-refractivity contribution in [3.63, 3.8) is 0 Å². The van der Waals surface area contributed by atoms with Crippen molar-refractivity contribution in [1.29, 1.82) is 0 Å². The number of rotatable bonds is 3. The zero-order valence-electron chi connectivity index (χ0n) is 10.6. The van der Waals surface area contributed by atoms with Gasteiger partial charge in [-0.05, 0) is 35.9 Å². The number of benzene rings is 2. The monoisotopic (exact) mass is 285 g/mol. The van der Waals surface area contributed by atoms with Crippen molar-refractivity contribution in [2.45, 2.75) is 5.88 Å². The van der Waals surface area contributed by atoms with Crippen molar-refractivity contribution in [3.05, 3.63) is 59.8 Å². The molecule has 5 heteroatoms. The molecule has 0 atom stereocenters. The van der Waals surface area contributed by atoms with E-state index in [0.717, 1.165) is 22.2 Å². The molecule has 4 nitrogen and oxygen atoms in total. The maximum atomic E-state index is 12.1. The molecule has 1 aromatic heterocycles. The first kappa shape index (κ1) is 12.7. The highest BCUT2D eigenvalue weighted by atomic mass is 35.5. The molecule has 0 saturated heterocycles. The van der Waals surface area contributed by atoms with E-state index in [1.54, 1.807) is 18.3 Å². The molecule has 3 aromatic rings. The van der Waals surface area contributed by atoms with Crippen LogP contribution in [0.5, 0.6) is 0 Å². The molecule has 1 amide bonds. The number of amides is 1. The molecule has 0 spiro atoms. The highest BCUT2D eigenvalue weighted by molar-refractivity contribution is 6.17. The Bertz CT molecular complexity index is 749. The number of hydrogen-bond donors (Lipinski definition) is 2. The van der Waals surface area contributed by atoms with E-state index in [2.05, 4.69) is 15.5 Å². The molecular formula is C15H12ClN3O. The van der Waals surface area contributed by atoms with Gasteiger partial charge in [0.1, 0.15) is 0 Å². The van der Waals surface area contributed by atoms with Crippen LogP contribution in [0.4, 0.5) is 5.69 Å². The summed E-state index contributed by atoms with van der Waals surface area (Å²) in [6.45, 7) is 0. The van der Waals surface area contributed by atoms with Crippen molar-refractivity contribution in [1.82, 2.24) is 10.2 Å². The molecule has 0 aliphatic rings. The number of halogens is 1. The van der Waals surface area contributed by atoms with Crippen LogP contribution in [0.1, 0.15) is 15.9 Å². The van der Waals surface area contributed by atoms with Crippen molar-refractivity contribution in [2.75, 3.05) is 5.32 Å². The summed E-state index contributed by atoms with van der Waals surface area (Å²) < 4.78 is 0. The summed E-state index contributed by atoms with van der Waals surface area (Å²) in [5.41, 5.74) is 3.27. The second-order valence-corrected chi connectivity index (χ2v) is 4.72. The van der Waals surface area contributed by atoms with Gasteiger partial charge in [0.05, 0.1) is 11.7 Å². The van der Waals surface area contributed by atoms with Crippen molar-refractivity contribution in [3.8, 4) is 0 Å². The first-order valence-electron chi connectivity index (χ1n) is 6.15. The van der Waals surface area contributed by atoms with Crippen molar-refractivity contribution in [2.24, 2.45) is 0 Å². The third-order valence-electron chi connectivity index (χ3n) is 3.07. The molecule has 0 unspecified atom stereocenters. The second-order valence-electron chi connectivity index (χ2n) is 4.46. The van der Waals surface area contributed by atoms with Crippen molar-refractivity contribution >= 4 is 34.1 Å². The smallest absolute Gasteiger partial charge is 0.255 e. The number of anilines is 1. The Morgan fingerprint density at radius 3 is 2.75 bits per heavy atom. The van der Waals surface area contributed by atoms with Gasteiger partial charge in [0, 0.05) is 22.5 Å². The van der Waals surface area contributed by atoms with Gasteiger partial charge in [-0.1, -0.05) is 12.1 Å². The molecule has 20 heavy (non-hydrogen) atoms. The van der Waals surface area contributed by atoms with Gasteiger partial charge in [-0.15, -0.1) is 11.6 Å². The molecule has 0 radical (unpaired) electrons. The van der Waals surface area contributed by atoms with E-state index in [9.17, 15) is 4.79 Å². The normalized spacial score (nSPS) is 10.7. The molecule has 0 fully saturated rings. The number of carbonyl (C=O) groups excluding carboxylic acids is 1. The highest BCUT2D eigenvalue weighted by Crippen LogP contribution is 2.17. The van der Waals surface area contributed by atoms with E-state index < -0.39 is 0 Å². The van der Waals surface area contributed by atoms with Crippen LogP contribution >= 0.6 is 11.6 Å². The van der Waals surface area contributed by atoms with Gasteiger partial charge in [-0.25, -0.2) is 0 Å². The number of fused-ring (bicyclic) bond motifs is 1. The Hall–Kier alpha value is -2.33. The predicted molar refractivity (Wildman–Crippen MR) is 80.0 cm³/mol. The van der Waals surface area contributed by atoms with E-state index in [1.165, 1.54) is 0 Å². The van der Waals surface area contributed by atoms with E-state index in [0.29, 0.717) is 11.4 Å². The molecule has 0 bridgehead atoms. The maximum Gasteiger partial charge on any atom is 0.255 e. The van der Waals surface area contributed by atoms with Gasteiger partial charge in [-0.2, -0.15) is 5.10 Å². The number of H-pyrrole nitrogens is 1. The van der Waals surface area contributed by atoms with Gasteiger partial charge >= 0.3 is 0 Å². The fourth-order valence-electron chi connectivity index (χ4n) is 1.97. The number of hydrogen-bond acceptors (Lipinski definition) is 2. The fraction of sp³-hybridized carbons (Fsp3) is 0.0667. The SMILES string of the molecule is O=C(Nc1ccc2[nH]ncc2c1)c1ccc(CCl)cc1. The lowest BCUT2D eigenvalue weighted by atomic mass is 10.1. The number of nitrogens with one attached hydrogen (secondary N) is 2. The summed E-state index contributed by atoms with van der Waals surface area (Å²) in [7, 11) is 0. The van der Waals surface area contributed by atoms with E-state index in [-0.39, 0.29) is 5.91 Å². The molecule has 0 aliphatic carbocycles.